The summed E-state index contributed by atoms with van der Waals surface area (Å²) in [5, 5.41) is 21.6. The minimum Gasteiger partial charge on any atom is -0.480 e. The van der Waals surface area contributed by atoms with Crippen LogP contribution in [0.1, 0.15) is 13.8 Å². The van der Waals surface area contributed by atoms with Crippen LogP contribution >= 0.6 is 15.9 Å². The monoisotopic (exact) mass is 308 g/mol. The van der Waals surface area contributed by atoms with Gasteiger partial charge < -0.3 is 20.3 Å². The fourth-order valence-electron chi connectivity index (χ4n) is 1.77. The first-order chi connectivity index (χ1) is 7.66. The first-order valence-electron chi connectivity index (χ1n) is 4.72. The van der Waals surface area contributed by atoms with Crippen LogP contribution in [-0.2, 0) is 14.3 Å². The quantitative estimate of drug-likeness (QED) is 0.478. The number of carbonyl (C=O) groups excluding carboxylic acids is 1. The van der Waals surface area contributed by atoms with Crippen LogP contribution in [0.25, 0.3) is 0 Å². The summed E-state index contributed by atoms with van der Waals surface area (Å²) in [6, 6.07) is -1.40. The minimum atomic E-state index is -1.92. The molecule has 0 aromatic rings. The van der Waals surface area contributed by atoms with Crippen molar-refractivity contribution in [2.75, 3.05) is 7.11 Å². The van der Waals surface area contributed by atoms with Gasteiger partial charge in [-0.3, -0.25) is 0 Å². The van der Waals surface area contributed by atoms with Crippen molar-refractivity contribution in [3.63, 3.8) is 0 Å². The SMILES string of the molecule is COC(=O)C1(C(C)(C)O)N=C(Br)NC1C(=O)O. The number of aliphatic carboxylic acids is 1. The number of carbonyl (C=O) groups is 2. The Labute approximate surface area is 106 Å². The molecule has 7 nitrogen and oxygen atoms in total. The summed E-state index contributed by atoms with van der Waals surface area (Å²) < 4.78 is 4.64. The van der Waals surface area contributed by atoms with E-state index in [0.29, 0.717) is 0 Å². The van der Waals surface area contributed by atoms with E-state index in [2.05, 4.69) is 31.0 Å². The van der Waals surface area contributed by atoms with Crippen LogP contribution in [0.15, 0.2) is 4.99 Å². The molecule has 2 atom stereocenters. The number of carboxylic acid groups (broad SMARTS) is 1. The molecule has 0 spiro atoms. The average Bonchev–Trinajstić information content (AvgIpc) is 2.55. The summed E-state index contributed by atoms with van der Waals surface area (Å²) in [5.74, 6) is -2.23. The molecule has 1 aliphatic rings. The molecule has 1 heterocycles. The average molecular weight is 309 g/mol. The molecule has 2 unspecified atom stereocenters. The number of rotatable bonds is 3. The highest BCUT2D eigenvalue weighted by molar-refractivity contribution is 9.18. The van der Waals surface area contributed by atoms with Gasteiger partial charge in [0.1, 0.15) is 0 Å². The standard InChI is InChI=1S/C9H13BrN2O5/c1-8(2,16)9(6(15)17-3)4(5(13)14)11-7(10)12-9/h4,16H,1-3H3,(H,11,12)(H,13,14). The van der Waals surface area contributed by atoms with Crippen molar-refractivity contribution in [2.24, 2.45) is 4.99 Å². The van der Waals surface area contributed by atoms with Crippen LogP contribution in [0.3, 0.4) is 0 Å². The Morgan fingerprint density at radius 2 is 2.12 bits per heavy atom. The van der Waals surface area contributed by atoms with Crippen LogP contribution in [0, 0.1) is 0 Å². The molecule has 0 aromatic heterocycles. The third-order valence-corrected chi connectivity index (χ3v) is 3.04. The Morgan fingerprint density at radius 1 is 1.59 bits per heavy atom. The van der Waals surface area contributed by atoms with E-state index in [0.717, 1.165) is 7.11 Å². The van der Waals surface area contributed by atoms with Crippen molar-refractivity contribution < 1.29 is 24.5 Å². The molecule has 0 saturated carbocycles. The van der Waals surface area contributed by atoms with Crippen molar-refractivity contribution in [1.82, 2.24) is 5.32 Å². The molecule has 0 bridgehead atoms. The van der Waals surface area contributed by atoms with Crippen molar-refractivity contribution >= 4 is 32.6 Å². The lowest BCUT2D eigenvalue weighted by Crippen LogP contribution is -2.65. The van der Waals surface area contributed by atoms with E-state index in [9.17, 15) is 14.7 Å². The van der Waals surface area contributed by atoms with Gasteiger partial charge in [0.2, 0.25) is 5.54 Å². The Hall–Kier alpha value is -1.15. The highest BCUT2D eigenvalue weighted by atomic mass is 79.9. The maximum absolute atomic E-state index is 11.8. The molecule has 0 radical (unpaired) electrons. The number of ether oxygens (including phenoxy) is 1. The molecule has 96 valence electrons. The lowest BCUT2D eigenvalue weighted by atomic mass is 9.77. The Morgan fingerprint density at radius 3 is 2.47 bits per heavy atom. The molecule has 1 rings (SSSR count). The zero-order chi connectivity index (χ0) is 13.4. The zero-order valence-electron chi connectivity index (χ0n) is 9.52. The molecule has 0 amide bonds. The lowest BCUT2D eigenvalue weighted by molar-refractivity contribution is -0.164. The molecule has 8 heteroatoms. The first kappa shape index (κ1) is 13.9. The predicted octanol–water partition coefficient (Wildman–Crippen LogP) is -0.524. The third kappa shape index (κ3) is 2.02. The van der Waals surface area contributed by atoms with E-state index in [1.807, 2.05) is 0 Å². The molecule has 0 aromatic carbocycles. The largest absolute Gasteiger partial charge is 0.480 e. The van der Waals surface area contributed by atoms with Crippen molar-refractivity contribution in [3.8, 4) is 0 Å². The second-order valence-corrected chi connectivity index (χ2v) is 4.89. The molecule has 0 fully saturated rings. The van der Waals surface area contributed by atoms with Gasteiger partial charge in [0.15, 0.2) is 10.8 Å². The smallest absolute Gasteiger partial charge is 0.339 e. The fourth-order valence-corrected chi connectivity index (χ4v) is 2.28. The molecule has 0 saturated heterocycles. The van der Waals surface area contributed by atoms with E-state index in [1.165, 1.54) is 13.8 Å². The second kappa shape index (κ2) is 4.26. The Kier molecular flexibility index (Phi) is 3.49. The summed E-state index contributed by atoms with van der Waals surface area (Å²) in [4.78, 5) is 26.9. The summed E-state index contributed by atoms with van der Waals surface area (Å²) in [7, 11) is 1.11. The van der Waals surface area contributed by atoms with Crippen LogP contribution in [-0.4, -0.2) is 51.2 Å². The number of halogens is 1. The number of methoxy groups -OCH3 is 1. The van der Waals surface area contributed by atoms with Gasteiger partial charge in [0, 0.05) is 0 Å². The topological polar surface area (TPSA) is 108 Å². The highest BCUT2D eigenvalue weighted by Crippen LogP contribution is 2.35. The van der Waals surface area contributed by atoms with Crippen molar-refractivity contribution in [3.05, 3.63) is 0 Å². The summed E-state index contributed by atoms with van der Waals surface area (Å²) in [6.07, 6.45) is 0. The number of aliphatic imine (C=N–C) groups is 1. The number of nitrogens with zero attached hydrogens (tertiary/aromatic N) is 1. The number of esters is 1. The van der Waals surface area contributed by atoms with E-state index >= 15 is 0 Å². The van der Waals surface area contributed by atoms with Crippen molar-refractivity contribution in [1.29, 1.82) is 0 Å². The molecular formula is C9H13BrN2O5. The van der Waals surface area contributed by atoms with Gasteiger partial charge in [-0.25, -0.2) is 14.6 Å². The van der Waals surface area contributed by atoms with Crippen LogP contribution in [0.4, 0.5) is 0 Å². The lowest BCUT2D eigenvalue weighted by Gasteiger charge is -2.37. The number of hydrogen-bond acceptors (Lipinski definition) is 6. The second-order valence-electron chi connectivity index (χ2n) is 4.14. The van der Waals surface area contributed by atoms with Gasteiger partial charge in [-0.2, -0.15) is 0 Å². The number of aliphatic hydroxyl groups is 1. The van der Waals surface area contributed by atoms with Gasteiger partial charge in [-0.05, 0) is 29.8 Å². The van der Waals surface area contributed by atoms with Crippen molar-refractivity contribution in [2.45, 2.75) is 31.0 Å². The highest BCUT2D eigenvalue weighted by Gasteiger charge is 2.63. The normalized spacial score (nSPS) is 28.3. The number of amidine groups is 1. The Bertz CT molecular complexity index is 389. The fraction of sp³-hybridized carbons (Fsp3) is 0.667. The van der Waals surface area contributed by atoms with Gasteiger partial charge >= 0.3 is 11.9 Å². The van der Waals surface area contributed by atoms with Crippen LogP contribution < -0.4 is 5.32 Å². The van der Waals surface area contributed by atoms with Gasteiger partial charge in [0.05, 0.1) is 12.7 Å². The maximum Gasteiger partial charge on any atom is 0.339 e. The third-order valence-electron chi connectivity index (χ3n) is 2.63. The molecule has 3 N–H and O–H groups in total. The summed E-state index contributed by atoms with van der Waals surface area (Å²) in [5.41, 5.74) is -3.63. The summed E-state index contributed by atoms with van der Waals surface area (Å²) in [6.45, 7) is 2.60. The van der Waals surface area contributed by atoms with Crippen LogP contribution in [0.2, 0.25) is 0 Å². The van der Waals surface area contributed by atoms with Crippen LogP contribution in [0.5, 0.6) is 0 Å². The van der Waals surface area contributed by atoms with Gasteiger partial charge in [0.25, 0.3) is 0 Å². The molecule has 1 aliphatic heterocycles. The maximum atomic E-state index is 11.8. The van der Waals surface area contributed by atoms with E-state index in [1.54, 1.807) is 0 Å². The van der Waals surface area contributed by atoms with Gasteiger partial charge in [-0.15, -0.1) is 0 Å². The first-order valence-corrected chi connectivity index (χ1v) is 5.51. The summed E-state index contributed by atoms with van der Waals surface area (Å²) >= 11 is 2.97. The predicted molar refractivity (Wildman–Crippen MR) is 62.0 cm³/mol. The van der Waals surface area contributed by atoms with E-state index in [4.69, 9.17) is 5.11 Å². The minimum absolute atomic E-state index is 0.0809. The number of carboxylic acids is 1. The zero-order valence-corrected chi connectivity index (χ0v) is 11.1. The molecular weight excluding hydrogens is 296 g/mol. The molecule has 0 aliphatic carbocycles. The van der Waals surface area contributed by atoms with E-state index < -0.39 is 29.1 Å². The molecule has 17 heavy (non-hydrogen) atoms. The number of hydrogen-bond donors (Lipinski definition) is 3. The Balaban J connectivity index is 3.40. The van der Waals surface area contributed by atoms with E-state index in [-0.39, 0.29) is 4.74 Å². The number of nitrogens with one attached hydrogen (secondary N) is 1. The van der Waals surface area contributed by atoms with Gasteiger partial charge in [-0.1, -0.05) is 0 Å².